The van der Waals surface area contributed by atoms with Crippen LogP contribution >= 0.6 is 0 Å². The van der Waals surface area contributed by atoms with E-state index in [2.05, 4.69) is 10.1 Å². The number of nitro groups is 1. The number of benzene rings is 1. The van der Waals surface area contributed by atoms with Crippen LogP contribution in [0, 0.1) is 10.1 Å². The number of hydrogen-bond donors (Lipinski definition) is 1. The summed E-state index contributed by atoms with van der Waals surface area (Å²) in [6, 6.07) is 3.75. The monoisotopic (exact) mass is 265 g/mol. The number of aromatic carboxylic acids is 1. The van der Waals surface area contributed by atoms with Crippen molar-refractivity contribution in [1.82, 2.24) is 10.1 Å². The number of rotatable bonds is 4. The summed E-state index contributed by atoms with van der Waals surface area (Å²) < 4.78 is 9.74. The van der Waals surface area contributed by atoms with Crippen molar-refractivity contribution < 1.29 is 24.1 Å². The summed E-state index contributed by atoms with van der Waals surface area (Å²) in [5, 5.41) is 22.6. The minimum absolute atomic E-state index is 0.0934. The number of nitrogens with zero attached hydrogens (tertiary/aromatic N) is 3. The predicted molar refractivity (Wildman–Crippen MR) is 59.9 cm³/mol. The Morgan fingerprint density at radius 2 is 2.26 bits per heavy atom. The van der Waals surface area contributed by atoms with E-state index in [4.69, 9.17) is 14.4 Å². The molecule has 0 aliphatic carbocycles. The summed E-state index contributed by atoms with van der Waals surface area (Å²) in [7, 11) is 1.32. The first-order chi connectivity index (χ1) is 9.02. The minimum Gasteiger partial charge on any atom is -0.496 e. The molecule has 2 rings (SSSR count). The molecule has 1 N–H and O–H groups in total. The van der Waals surface area contributed by atoms with Crippen LogP contribution in [0.25, 0.3) is 11.5 Å². The van der Waals surface area contributed by atoms with Crippen molar-refractivity contribution in [2.45, 2.75) is 0 Å². The number of aromatic nitrogens is 2. The van der Waals surface area contributed by atoms with Gasteiger partial charge in [-0.3, -0.25) is 10.1 Å². The van der Waals surface area contributed by atoms with Crippen molar-refractivity contribution in [3.8, 4) is 17.2 Å². The number of methoxy groups -OCH3 is 1. The Balaban J connectivity index is 2.48. The third-order valence-electron chi connectivity index (χ3n) is 2.24. The highest BCUT2D eigenvalue weighted by atomic mass is 16.6. The van der Waals surface area contributed by atoms with Crippen LogP contribution in [0.2, 0.25) is 0 Å². The fraction of sp³-hybridized carbons (Fsp3) is 0.100. The summed E-state index contributed by atoms with van der Waals surface area (Å²) >= 11 is 0. The Labute approximate surface area is 105 Å². The summed E-state index contributed by atoms with van der Waals surface area (Å²) in [6.07, 6.45) is 0. The molecule has 98 valence electrons. The molecule has 0 atom stereocenters. The van der Waals surface area contributed by atoms with E-state index >= 15 is 0 Å². The molecule has 0 radical (unpaired) electrons. The summed E-state index contributed by atoms with van der Waals surface area (Å²) in [5.74, 6) is -1.80. The Hall–Kier alpha value is -2.97. The molecule has 19 heavy (non-hydrogen) atoms. The average molecular weight is 265 g/mol. The van der Waals surface area contributed by atoms with Crippen LogP contribution in [0.3, 0.4) is 0 Å². The molecule has 0 unspecified atom stereocenters. The summed E-state index contributed by atoms with van der Waals surface area (Å²) in [4.78, 5) is 24.3. The second-order valence-electron chi connectivity index (χ2n) is 3.37. The van der Waals surface area contributed by atoms with Crippen molar-refractivity contribution in [3.05, 3.63) is 34.1 Å². The average Bonchev–Trinajstić information content (AvgIpc) is 2.87. The summed E-state index contributed by atoms with van der Waals surface area (Å²) in [5.41, 5.74) is 0.103. The maximum absolute atomic E-state index is 10.6. The van der Waals surface area contributed by atoms with Crippen LogP contribution in [0.1, 0.15) is 10.6 Å². The van der Waals surface area contributed by atoms with E-state index in [1.807, 2.05) is 0 Å². The zero-order valence-corrected chi connectivity index (χ0v) is 9.56. The van der Waals surface area contributed by atoms with E-state index in [1.165, 1.54) is 25.3 Å². The zero-order valence-electron chi connectivity index (χ0n) is 9.56. The highest BCUT2D eigenvalue weighted by molar-refractivity contribution is 5.83. The Morgan fingerprint density at radius 3 is 2.79 bits per heavy atom. The molecule has 0 fully saturated rings. The lowest BCUT2D eigenvalue weighted by molar-refractivity contribution is -0.384. The number of carbonyl (C=O) groups is 1. The number of carboxylic acids is 1. The number of hydrogen-bond acceptors (Lipinski definition) is 7. The molecule has 0 aliphatic rings. The molecule has 0 amide bonds. The van der Waals surface area contributed by atoms with Crippen molar-refractivity contribution in [2.24, 2.45) is 0 Å². The quantitative estimate of drug-likeness (QED) is 0.647. The lowest BCUT2D eigenvalue weighted by Gasteiger charge is -2.03. The van der Waals surface area contributed by atoms with Gasteiger partial charge in [0, 0.05) is 6.07 Å². The van der Waals surface area contributed by atoms with Gasteiger partial charge in [-0.15, -0.1) is 0 Å². The summed E-state index contributed by atoms with van der Waals surface area (Å²) in [6.45, 7) is 0. The van der Waals surface area contributed by atoms with Crippen LogP contribution in [-0.2, 0) is 0 Å². The second-order valence-corrected chi connectivity index (χ2v) is 3.37. The van der Waals surface area contributed by atoms with Crippen molar-refractivity contribution in [3.63, 3.8) is 0 Å². The molecular formula is C10H7N3O6. The number of non-ortho nitro benzene ring substituents is 1. The molecule has 0 bridgehead atoms. The van der Waals surface area contributed by atoms with Crippen LogP contribution in [0.5, 0.6) is 5.75 Å². The van der Waals surface area contributed by atoms with Crippen LogP contribution in [0.15, 0.2) is 22.7 Å². The van der Waals surface area contributed by atoms with E-state index in [1.54, 1.807) is 0 Å². The minimum atomic E-state index is -1.34. The Morgan fingerprint density at radius 1 is 1.53 bits per heavy atom. The van der Waals surface area contributed by atoms with Gasteiger partial charge in [0.25, 0.3) is 17.4 Å². The first-order valence-electron chi connectivity index (χ1n) is 4.92. The maximum atomic E-state index is 10.6. The van der Waals surface area contributed by atoms with Gasteiger partial charge in [-0.05, 0) is 11.2 Å². The maximum Gasteiger partial charge on any atom is 0.377 e. The lowest BCUT2D eigenvalue weighted by atomic mass is 10.2. The largest absolute Gasteiger partial charge is 0.496 e. The first kappa shape index (κ1) is 12.5. The van der Waals surface area contributed by atoms with Crippen molar-refractivity contribution >= 4 is 11.7 Å². The van der Waals surface area contributed by atoms with E-state index in [0.717, 1.165) is 0 Å². The normalized spacial score (nSPS) is 10.2. The van der Waals surface area contributed by atoms with Gasteiger partial charge in [0.15, 0.2) is 0 Å². The van der Waals surface area contributed by atoms with Crippen molar-refractivity contribution in [2.75, 3.05) is 7.11 Å². The number of ether oxygens (including phenoxy) is 1. The zero-order chi connectivity index (χ0) is 14.0. The molecule has 0 spiro atoms. The van der Waals surface area contributed by atoms with Gasteiger partial charge in [-0.2, -0.15) is 4.98 Å². The third-order valence-corrected chi connectivity index (χ3v) is 2.24. The molecule has 1 heterocycles. The van der Waals surface area contributed by atoms with Gasteiger partial charge in [-0.1, -0.05) is 0 Å². The molecule has 1 aromatic heterocycles. The Kier molecular flexibility index (Phi) is 3.10. The second kappa shape index (κ2) is 4.72. The van der Waals surface area contributed by atoms with Gasteiger partial charge >= 0.3 is 5.97 Å². The van der Waals surface area contributed by atoms with E-state index in [9.17, 15) is 14.9 Å². The SMILES string of the molecule is COc1cc([N+](=O)[O-])ccc1-c1nc(C(=O)O)no1. The van der Waals surface area contributed by atoms with Gasteiger partial charge < -0.3 is 14.4 Å². The van der Waals surface area contributed by atoms with Gasteiger partial charge in [0.1, 0.15) is 5.75 Å². The number of nitro benzene ring substituents is 1. The lowest BCUT2D eigenvalue weighted by Crippen LogP contribution is -1.98. The predicted octanol–water partition coefficient (Wildman–Crippen LogP) is 1.35. The van der Waals surface area contributed by atoms with Gasteiger partial charge in [-0.25, -0.2) is 4.79 Å². The van der Waals surface area contributed by atoms with Gasteiger partial charge in [0.2, 0.25) is 0 Å². The topological polar surface area (TPSA) is 129 Å². The fourth-order valence-electron chi connectivity index (χ4n) is 1.39. The standard InChI is InChI=1S/C10H7N3O6/c1-18-7-4-5(13(16)17)2-3-6(7)9-11-8(10(14)15)12-19-9/h2-4H,1H3,(H,14,15). The van der Waals surface area contributed by atoms with E-state index in [-0.39, 0.29) is 22.9 Å². The number of carboxylic acid groups (broad SMARTS) is 1. The smallest absolute Gasteiger partial charge is 0.377 e. The van der Waals surface area contributed by atoms with Crippen molar-refractivity contribution in [1.29, 1.82) is 0 Å². The highest BCUT2D eigenvalue weighted by Gasteiger charge is 2.19. The fourth-order valence-corrected chi connectivity index (χ4v) is 1.39. The first-order valence-corrected chi connectivity index (χ1v) is 4.92. The van der Waals surface area contributed by atoms with Gasteiger partial charge in [0.05, 0.1) is 23.7 Å². The molecule has 9 heteroatoms. The van der Waals surface area contributed by atoms with E-state index < -0.39 is 16.7 Å². The van der Waals surface area contributed by atoms with Crippen LogP contribution in [-0.4, -0.2) is 33.2 Å². The van der Waals surface area contributed by atoms with Crippen LogP contribution in [0.4, 0.5) is 5.69 Å². The highest BCUT2D eigenvalue weighted by Crippen LogP contribution is 2.32. The third kappa shape index (κ3) is 2.34. The molecule has 9 nitrogen and oxygen atoms in total. The molecule has 1 aromatic carbocycles. The molecule has 0 aliphatic heterocycles. The molecule has 0 saturated heterocycles. The Bertz CT molecular complexity index is 650. The van der Waals surface area contributed by atoms with Crippen LogP contribution < -0.4 is 4.74 Å². The molecule has 2 aromatic rings. The molecule has 0 saturated carbocycles. The molecular weight excluding hydrogens is 258 g/mol. The van der Waals surface area contributed by atoms with E-state index in [0.29, 0.717) is 0 Å².